The fourth-order valence-corrected chi connectivity index (χ4v) is 8.34. The lowest BCUT2D eigenvalue weighted by atomic mass is 9.44. The second kappa shape index (κ2) is 4.63. The van der Waals surface area contributed by atoms with E-state index in [-0.39, 0.29) is 28.3 Å². The Bertz CT molecular complexity index is 601. The normalized spacial score (nSPS) is 61.3. The van der Waals surface area contributed by atoms with Crippen molar-refractivity contribution in [1.82, 2.24) is 0 Å². The molecule has 6 rings (SSSR count). The van der Waals surface area contributed by atoms with Gasteiger partial charge in [-0.25, -0.2) is 0 Å². The molecule has 0 bridgehead atoms. The molecule has 0 radical (unpaired) electrons. The Hall–Kier alpha value is -0.160. The Morgan fingerprint density at radius 2 is 1.72 bits per heavy atom. The average molecular weight is 348 g/mol. The van der Waals surface area contributed by atoms with E-state index >= 15 is 0 Å². The third kappa shape index (κ3) is 1.74. The summed E-state index contributed by atoms with van der Waals surface area (Å²) in [6.07, 6.45) is 9.29. The number of epoxide rings is 1. The maximum Gasteiger partial charge on any atom is 0.171 e. The molecule has 0 aromatic carbocycles. The van der Waals surface area contributed by atoms with Crippen molar-refractivity contribution < 1.29 is 19.3 Å². The molecule has 2 aliphatic heterocycles. The Kier molecular flexibility index (Phi) is 2.93. The van der Waals surface area contributed by atoms with Crippen LogP contribution in [0.5, 0.6) is 0 Å². The van der Waals surface area contributed by atoms with Gasteiger partial charge >= 0.3 is 0 Å². The first-order valence-electron chi connectivity index (χ1n) is 10.6. The van der Waals surface area contributed by atoms with Crippen LogP contribution in [0.3, 0.4) is 0 Å². The van der Waals surface area contributed by atoms with Gasteiger partial charge in [0.2, 0.25) is 0 Å². The molecule has 2 spiro atoms. The van der Waals surface area contributed by atoms with E-state index in [1.807, 2.05) is 0 Å². The van der Waals surface area contributed by atoms with E-state index < -0.39 is 0 Å². The molecule has 4 saturated carbocycles. The van der Waals surface area contributed by atoms with E-state index in [0.717, 1.165) is 50.7 Å². The first-order valence-corrected chi connectivity index (χ1v) is 10.6. The van der Waals surface area contributed by atoms with E-state index in [1.165, 1.54) is 25.7 Å². The van der Waals surface area contributed by atoms with Gasteiger partial charge in [0.25, 0.3) is 0 Å². The molecular weight excluding hydrogens is 316 g/mol. The van der Waals surface area contributed by atoms with Crippen LogP contribution in [0.15, 0.2) is 0 Å². The lowest BCUT2D eigenvalue weighted by molar-refractivity contribution is -0.227. The quantitative estimate of drug-likeness (QED) is 0.683. The second-order valence-corrected chi connectivity index (χ2v) is 10.4. The van der Waals surface area contributed by atoms with Gasteiger partial charge in [-0.3, -0.25) is 0 Å². The maximum absolute atomic E-state index is 10.6. The van der Waals surface area contributed by atoms with Crippen LogP contribution in [0.2, 0.25) is 0 Å². The third-order valence-electron chi connectivity index (χ3n) is 9.84. The number of fused-ring (bicyclic) bond motifs is 4. The molecular formula is C21H32O4. The Labute approximate surface area is 150 Å². The molecule has 0 amide bonds. The molecule has 4 nitrogen and oxygen atoms in total. The highest BCUT2D eigenvalue weighted by molar-refractivity contribution is 5.25. The topological polar surface area (TPSA) is 51.2 Å². The molecule has 4 heteroatoms. The van der Waals surface area contributed by atoms with Gasteiger partial charge in [0, 0.05) is 18.3 Å². The highest BCUT2D eigenvalue weighted by atomic mass is 16.7. The van der Waals surface area contributed by atoms with Crippen LogP contribution >= 0.6 is 0 Å². The van der Waals surface area contributed by atoms with Crippen molar-refractivity contribution in [1.29, 1.82) is 0 Å². The molecule has 6 fully saturated rings. The standard InChI is InChI=1S/C21H32O4/c1-18-6-5-15-13(14(18)3-4-16(18)22)11-17-21(25-17)12-20(23-9-10-24-20)8-7-19(15,21)2/h13-17,22H,3-12H2,1-2H3/t13?,14?,15?,16?,17-,18-,19+,21-/m0/s1. The molecule has 2 heterocycles. The monoisotopic (exact) mass is 348 g/mol. The second-order valence-electron chi connectivity index (χ2n) is 10.4. The Morgan fingerprint density at radius 1 is 0.920 bits per heavy atom. The molecule has 0 aromatic rings. The fraction of sp³-hybridized carbons (Fsp3) is 1.00. The van der Waals surface area contributed by atoms with Crippen LogP contribution in [-0.4, -0.2) is 41.9 Å². The summed E-state index contributed by atoms with van der Waals surface area (Å²) in [6, 6.07) is 0. The Morgan fingerprint density at radius 3 is 2.52 bits per heavy atom. The summed E-state index contributed by atoms with van der Waals surface area (Å²) >= 11 is 0. The molecule has 1 N–H and O–H groups in total. The van der Waals surface area contributed by atoms with Crippen LogP contribution in [0.4, 0.5) is 0 Å². The van der Waals surface area contributed by atoms with Crippen molar-refractivity contribution >= 4 is 0 Å². The highest BCUT2D eigenvalue weighted by Crippen LogP contribution is 2.74. The smallest absolute Gasteiger partial charge is 0.171 e. The molecule has 4 aliphatic carbocycles. The van der Waals surface area contributed by atoms with Crippen LogP contribution in [0.1, 0.15) is 65.2 Å². The van der Waals surface area contributed by atoms with E-state index in [9.17, 15) is 5.11 Å². The van der Waals surface area contributed by atoms with E-state index in [1.54, 1.807) is 0 Å². The molecule has 2 saturated heterocycles. The lowest BCUT2D eigenvalue weighted by Gasteiger charge is -2.59. The molecule has 6 aliphatic rings. The first kappa shape index (κ1) is 15.9. The lowest BCUT2D eigenvalue weighted by Crippen LogP contribution is -2.61. The maximum atomic E-state index is 10.6. The highest BCUT2D eigenvalue weighted by Gasteiger charge is 2.78. The molecule has 8 atom stereocenters. The summed E-state index contributed by atoms with van der Waals surface area (Å²) in [5, 5.41) is 10.6. The zero-order valence-corrected chi connectivity index (χ0v) is 15.6. The summed E-state index contributed by atoms with van der Waals surface area (Å²) in [7, 11) is 0. The number of aliphatic hydroxyl groups excluding tert-OH is 1. The summed E-state index contributed by atoms with van der Waals surface area (Å²) < 4.78 is 18.7. The number of hydrogen-bond donors (Lipinski definition) is 1. The van der Waals surface area contributed by atoms with E-state index in [0.29, 0.717) is 12.0 Å². The van der Waals surface area contributed by atoms with Crippen molar-refractivity contribution in [3.8, 4) is 0 Å². The van der Waals surface area contributed by atoms with Crippen molar-refractivity contribution in [2.45, 2.75) is 88.8 Å². The van der Waals surface area contributed by atoms with Gasteiger partial charge in [0.1, 0.15) is 5.60 Å². The van der Waals surface area contributed by atoms with Crippen LogP contribution in [0, 0.1) is 28.6 Å². The summed E-state index contributed by atoms with van der Waals surface area (Å²) in [4.78, 5) is 0. The predicted molar refractivity (Wildman–Crippen MR) is 91.9 cm³/mol. The van der Waals surface area contributed by atoms with Crippen molar-refractivity contribution in [3.63, 3.8) is 0 Å². The minimum Gasteiger partial charge on any atom is -0.393 e. The van der Waals surface area contributed by atoms with Gasteiger partial charge in [-0.05, 0) is 61.7 Å². The number of rotatable bonds is 0. The van der Waals surface area contributed by atoms with Gasteiger partial charge in [-0.1, -0.05) is 13.8 Å². The Balaban J connectivity index is 1.35. The zero-order chi connectivity index (χ0) is 17.1. The van der Waals surface area contributed by atoms with Gasteiger partial charge in [-0.2, -0.15) is 0 Å². The number of hydrogen-bond acceptors (Lipinski definition) is 4. The van der Waals surface area contributed by atoms with Crippen LogP contribution < -0.4 is 0 Å². The van der Waals surface area contributed by atoms with Gasteiger partial charge in [0.15, 0.2) is 5.79 Å². The summed E-state index contributed by atoms with van der Waals surface area (Å²) in [5.74, 6) is 1.82. The predicted octanol–water partition coefficient (Wildman–Crippen LogP) is 3.26. The molecule has 0 aromatic heterocycles. The van der Waals surface area contributed by atoms with Crippen molar-refractivity contribution in [2.75, 3.05) is 13.2 Å². The van der Waals surface area contributed by atoms with Gasteiger partial charge in [0.05, 0.1) is 25.4 Å². The minimum atomic E-state index is -0.353. The SMILES string of the molecule is C[C@]12CCC3C(C[C@@H]4O[C@@]45CC4(CC[C@]35C)OCCO4)C1CCC2O. The summed E-state index contributed by atoms with van der Waals surface area (Å²) in [5.41, 5.74) is 0.414. The molecule has 140 valence electrons. The molecule has 4 unspecified atom stereocenters. The zero-order valence-electron chi connectivity index (χ0n) is 15.6. The van der Waals surface area contributed by atoms with Crippen LogP contribution in [-0.2, 0) is 14.2 Å². The number of ether oxygens (including phenoxy) is 3. The summed E-state index contributed by atoms with van der Waals surface area (Å²) in [6.45, 7) is 6.35. The van der Waals surface area contributed by atoms with Crippen molar-refractivity contribution in [2.24, 2.45) is 28.6 Å². The fourth-order valence-electron chi connectivity index (χ4n) is 8.34. The van der Waals surface area contributed by atoms with E-state index in [2.05, 4.69) is 13.8 Å². The molecule has 25 heavy (non-hydrogen) atoms. The third-order valence-corrected chi connectivity index (χ3v) is 9.84. The largest absolute Gasteiger partial charge is 0.393 e. The average Bonchev–Trinajstić information content (AvgIpc) is 2.94. The van der Waals surface area contributed by atoms with Gasteiger partial charge in [-0.15, -0.1) is 0 Å². The van der Waals surface area contributed by atoms with Crippen LogP contribution in [0.25, 0.3) is 0 Å². The van der Waals surface area contributed by atoms with Crippen molar-refractivity contribution in [3.05, 3.63) is 0 Å². The van der Waals surface area contributed by atoms with E-state index in [4.69, 9.17) is 14.2 Å². The first-order chi connectivity index (χ1) is 11.9. The van der Waals surface area contributed by atoms with Gasteiger partial charge < -0.3 is 19.3 Å². The number of aliphatic hydroxyl groups is 1. The minimum absolute atomic E-state index is 0.00170.